The van der Waals surface area contributed by atoms with Gasteiger partial charge in [0.05, 0.1) is 6.54 Å². The fourth-order valence-corrected chi connectivity index (χ4v) is 3.44. The molecule has 1 heterocycles. The highest BCUT2D eigenvalue weighted by Crippen LogP contribution is 2.29. The summed E-state index contributed by atoms with van der Waals surface area (Å²) in [5, 5.41) is 16.6. The summed E-state index contributed by atoms with van der Waals surface area (Å²) in [5.74, 6) is -0.348. The predicted molar refractivity (Wildman–Crippen MR) is 94.9 cm³/mol. The van der Waals surface area contributed by atoms with Crippen LogP contribution in [0.1, 0.15) is 16.5 Å². The van der Waals surface area contributed by atoms with E-state index in [1.54, 1.807) is 6.92 Å². The highest BCUT2D eigenvalue weighted by Gasteiger charge is 2.13. The molecule has 2 aromatic carbocycles. The van der Waals surface area contributed by atoms with Crippen LogP contribution in [0.4, 0.5) is 14.9 Å². The quantitative estimate of drug-likeness (QED) is 0.664. The van der Waals surface area contributed by atoms with E-state index < -0.39 is 12.1 Å². The molecule has 3 aromatic rings. The summed E-state index contributed by atoms with van der Waals surface area (Å²) in [6.07, 6.45) is -0.775. The Bertz CT molecular complexity index is 845. The van der Waals surface area contributed by atoms with Gasteiger partial charge >= 0.3 is 6.03 Å². The molecule has 2 amide bonds. The minimum absolute atomic E-state index is 0.0961. The van der Waals surface area contributed by atoms with Gasteiger partial charge in [-0.1, -0.05) is 18.2 Å². The molecule has 1 aromatic heterocycles. The van der Waals surface area contributed by atoms with Crippen LogP contribution in [0.2, 0.25) is 0 Å². The fourth-order valence-electron chi connectivity index (χ4n) is 2.39. The Kier molecular flexibility index (Phi) is 4.78. The maximum Gasteiger partial charge on any atom is 0.319 e. The predicted octanol–water partition coefficient (Wildman–Crippen LogP) is 4.20. The van der Waals surface area contributed by atoms with E-state index in [2.05, 4.69) is 10.6 Å². The Morgan fingerprint density at radius 2 is 2.04 bits per heavy atom. The average molecular weight is 344 g/mol. The van der Waals surface area contributed by atoms with E-state index in [9.17, 15) is 14.3 Å². The number of fused-ring (bicyclic) bond motifs is 1. The lowest BCUT2D eigenvalue weighted by molar-refractivity contribution is 0.178. The van der Waals surface area contributed by atoms with E-state index in [1.165, 1.54) is 29.5 Å². The maximum absolute atomic E-state index is 13.1. The van der Waals surface area contributed by atoms with Crippen molar-refractivity contribution < 1.29 is 14.3 Å². The zero-order valence-electron chi connectivity index (χ0n) is 13.0. The number of halogens is 1. The molecule has 0 radical (unpaired) electrons. The van der Waals surface area contributed by atoms with E-state index in [0.717, 1.165) is 15.0 Å². The Morgan fingerprint density at radius 3 is 2.79 bits per heavy atom. The van der Waals surface area contributed by atoms with Crippen LogP contribution in [0.3, 0.4) is 0 Å². The summed E-state index contributed by atoms with van der Waals surface area (Å²) in [5.41, 5.74) is 1.17. The van der Waals surface area contributed by atoms with E-state index in [-0.39, 0.29) is 12.4 Å². The first kappa shape index (κ1) is 16.4. The number of thiophene rings is 1. The normalized spacial score (nSPS) is 12.1. The number of aliphatic hydroxyl groups excluding tert-OH is 1. The summed E-state index contributed by atoms with van der Waals surface area (Å²) in [6.45, 7) is 1.81. The molecular formula is C18H17FN2O2S. The number of hydrogen-bond acceptors (Lipinski definition) is 3. The lowest BCUT2D eigenvalue weighted by atomic mass is 10.2. The van der Waals surface area contributed by atoms with Gasteiger partial charge in [-0.05, 0) is 48.2 Å². The van der Waals surface area contributed by atoms with Crippen LogP contribution in [-0.4, -0.2) is 17.7 Å². The van der Waals surface area contributed by atoms with Gasteiger partial charge in [-0.15, -0.1) is 11.3 Å². The highest BCUT2D eigenvalue weighted by atomic mass is 32.1. The van der Waals surface area contributed by atoms with Gasteiger partial charge in [0.2, 0.25) is 0 Å². The largest absolute Gasteiger partial charge is 0.386 e. The zero-order valence-corrected chi connectivity index (χ0v) is 13.9. The van der Waals surface area contributed by atoms with Crippen LogP contribution in [0, 0.1) is 12.7 Å². The molecule has 0 saturated carbocycles. The van der Waals surface area contributed by atoms with Crippen LogP contribution in [0.25, 0.3) is 10.1 Å². The van der Waals surface area contributed by atoms with Crippen LogP contribution in [0.15, 0.2) is 48.5 Å². The number of rotatable bonds is 4. The number of aryl methyl sites for hydroxylation is 1. The van der Waals surface area contributed by atoms with Crippen molar-refractivity contribution in [1.29, 1.82) is 0 Å². The SMILES string of the molecule is Cc1cc(F)ccc1NC(=O)NCC(O)c1cc2ccccc2s1. The molecule has 24 heavy (non-hydrogen) atoms. The van der Waals surface area contributed by atoms with E-state index in [0.29, 0.717) is 11.3 Å². The number of urea groups is 1. The summed E-state index contributed by atoms with van der Waals surface area (Å²) in [4.78, 5) is 12.7. The number of nitrogens with one attached hydrogen (secondary N) is 2. The van der Waals surface area contributed by atoms with Crippen molar-refractivity contribution in [3.05, 3.63) is 64.8 Å². The molecule has 124 valence electrons. The number of hydrogen-bond donors (Lipinski definition) is 3. The van der Waals surface area contributed by atoms with E-state index in [1.807, 2.05) is 30.3 Å². The second-order valence-electron chi connectivity index (χ2n) is 5.50. The van der Waals surface area contributed by atoms with Crippen molar-refractivity contribution in [3.8, 4) is 0 Å². The van der Waals surface area contributed by atoms with Crippen LogP contribution >= 0.6 is 11.3 Å². The first-order valence-electron chi connectivity index (χ1n) is 7.50. The molecule has 0 fully saturated rings. The highest BCUT2D eigenvalue weighted by molar-refractivity contribution is 7.19. The van der Waals surface area contributed by atoms with Crippen molar-refractivity contribution >= 4 is 33.1 Å². The molecular weight excluding hydrogens is 327 g/mol. The van der Waals surface area contributed by atoms with Gasteiger partial charge in [-0.25, -0.2) is 9.18 Å². The maximum atomic E-state index is 13.1. The lowest BCUT2D eigenvalue weighted by Crippen LogP contribution is -2.32. The Hall–Kier alpha value is -2.44. The third kappa shape index (κ3) is 3.72. The third-order valence-electron chi connectivity index (χ3n) is 3.67. The summed E-state index contributed by atoms with van der Waals surface area (Å²) < 4.78 is 14.1. The summed E-state index contributed by atoms with van der Waals surface area (Å²) in [7, 11) is 0. The Balaban J connectivity index is 1.59. The average Bonchev–Trinajstić information content (AvgIpc) is 2.99. The van der Waals surface area contributed by atoms with Crippen LogP contribution < -0.4 is 10.6 Å². The molecule has 0 spiro atoms. The molecule has 0 bridgehead atoms. The minimum Gasteiger partial charge on any atom is -0.386 e. The molecule has 0 saturated heterocycles. The van der Waals surface area contributed by atoms with Gasteiger partial charge in [-0.2, -0.15) is 0 Å². The van der Waals surface area contributed by atoms with Crippen LogP contribution in [0.5, 0.6) is 0 Å². The first-order chi connectivity index (χ1) is 11.5. The van der Waals surface area contributed by atoms with Gasteiger partial charge in [-0.3, -0.25) is 0 Å². The van der Waals surface area contributed by atoms with Crippen molar-refractivity contribution in [3.63, 3.8) is 0 Å². The molecule has 6 heteroatoms. The molecule has 4 nitrogen and oxygen atoms in total. The molecule has 3 rings (SSSR count). The molecule has 0 aliphatic heterocycles. The Labute approximate surface area is 142 Å². The van der Waals surface area contributed by atoms with E-state index in [4.69, 9.17) is 0 Å². The van der Waals surface area contributed by atoms with Gasteiger partial charge in [0.15, 0.2) is 0 Å². The van der Waals surface area contributed by atoms with Gasteiger partial charge in [0.1, 0.15) is 11.9 Å². The van der Waals surface area contributed by atoms with Crippen molar-refractivity contribution in [2.24, 2.45) is 0 Å². The minimum atomic E-state index is -0.775. The summed E-state index contributed by atoms with van der Waals surface area (Å²) in [6, 6.07) is 13.5. The zero-order chi connectivity index (χ0) is 17.1. The van der Waals surface area contributed by atoms with Crippen molar-refractivity contribution in [2.75, 3.05) is 11.9 Å². The lowest BCUT2D eigenvalue weighted by Gasteiger charge is -2.12. The van der Waals surface area contributed by atoms with Gasteiger partial charge in [0, 0.05) is 15.3 Å². The van der Waals surface area contributed by atoms with Crippen LogP contribution in [-0.2, 0) is 0 Å². The number of aliphatic hydroxyl groups is 1. The van der Waals surface area contributed by atoms with Gasteiger partial charge in [0.25, 0.3) is 0 Å². The number of carbonyl (C=O) groups excluding carboxylic acids is 1. The molecule has 1 unspecified atom stereocenters. The number of anilines is 1. The number of carbonyl (C=O) groups is 1. The molecule has 1 atom stereocenters. The second kappa shape index (κ2) is 6.98. The molecule has 0 aliphatic rings. The topological polar surface area (TPSA) is 61.4 Å². The standard InChI is InChI=1S/C18H17FN2O2S/c1-11-8-13(19)6-7-14(11)21-18(23)20-10-15(22)17-9-12-4-2-3-5-16(12)24-17/h2-9,15,22H,10H2,1H3,(H2,20,21,23). The Morgan fingerprint density at radius 1 is 1.25 bits per heavy atom. The molecule has 3 N–H and O–H groups in total. The second-order valence-corrected chi connectivity index (χ2v) is 6.61. The number of amides is 2. The number of benzene rings is 2. The first-order valence-corrected chi connectivity index (χ1v) is 8.32. The van der Waals surface area contributed by atoms with E-state index >= 15 is 0 Å². The monoisotopic (exact) mass is 344 g/mol. The molecule has 0 aliphatic carbocycles. The van der Waals surface area contributed by atoms with Crippen molar-refractivity contribution in [1.82, 2.24) is 5.32 Å². The summed E-state index contributed by atoms with van der Waals surface area (Å²) >= 11 is 1.50. The fraction of sp³-hybridized carbons (Fsp3) is 0.167. The van der Waals surface area contributed by atoms with Crippen molar-refractivity contribution in [2.45, 2.75) is 13.0 Å². The third-order valence-corrected chi connectivity index (χ3v) is 4.88. The smallest absolute Gasteiger partial charge is 0.319 e. The van der Waals surface area contributed by atoms with Gasteiger partial charge < -0.3 is 15.7 Å².